The molecule has 3 aromatic rings. The molecule has 9 atom stereocenters. The number of rotatable bonds is 9. The fourth-order valence-corrected chi connectivity index (χ4v) is 14.0. The van der Waals surface area contributed by atoms with Gasteiger partial charge < -0.3 is 34.5 Å². The highest BCUT2D eigenvalue weighted by atomic mass is 16.6. The quantitative estimate of drug-likeness (QED) is 0.186. The van der Waals surface area contributed by atoms with Gasteiger partial charge >= 0.3 is 11.9 Å². The predicted molar refractivity (Wildman–Crippen MR) is 237 cm³/mol. The molecule has 12 nitrogen and oxygen atoms in total. The van der Waals surface area contributed by atoms with Crippen LogP contribution in [-0.2, 0) is 41.1 Å². The van der Waals surface area contributed by atoms with Gasteiger partial charge in [0.1, 0.15) is 22.9 Å². The summed E-state index contributed by atoms with van der Waals surface area (Å²) in [6.07, 6.45) is 11.9. The van der Waals surface area contributed by atoms with Gasteiger partial charge in [-0.2, -0.15) is 0 Å². The Morgan fingerprint density at radius 1 is 1.05 bits per heavy atom. The fourth-order valence-electron chi connectivity index (χ4n) is 14.0. The molecule has 10 rings (SSSR count). The van der Waals surface area contributed by atoms with Crippen LogP contribution in [0.5, 0.6) is 5.75 Å². The monoisotopic (exact) mass is 845 g/mol. The molecular weight excluding hydrogens is 783 g/mol. The van der Waals surface area contributed by atoms with Crippen LogP contribution in [0.3, 0.4) is 0 Å². The molecule has 2 aliphatic carbocycles. The van der Waals surface area contributed by atoms with Gasteiger partial charge in [0.05, 0.1) is 26.8 Å². The fraction of sp³-hybridized carbons (Fsp3) is 0.580. The number of aromatic amines is 1. The summed E-state index contributed by atoms with van der Waals surface area (Å²) in [5.74, 6) is -0.373. The molecule has 3 unspecified atom stereocenters. The predicted octanol–water partition coefficient (Wildman–Crippen LogP) is 5.54. The van der Waals surface area contributed by atoms with Gasteiger partial charge in [-0.05, 0) is 80.7 Å². The number of nitrogens with one attached hydrogen (secondary N) is 2. The van der Waals surface area contributed by atoms with Gasteiger partial charge in [0.15, 0.2) is 0 Å². The molecule has 62 heavy (non-hydrogen) atoms. The molecule has 1 saturated heterocycles. The summed E-state index contributed by atoms with van der Waals surface area (Å²) in [6.45, 7) is 9.75. The van der Waals surface area contributed by atoms with Crippen molar-refractivity contribution in [2.24, 2.45) is 17.3 Å². The number of para-hydroxylation sites is 1. The van der Waals surface area contributed by atoms with Crippen molar-refractivity contribution in [2.45, 2.75) is 107 Å². The van der Waals surface area contributed by atoms with Crippen molar-refractivity contribution in [1.29, 1.82) is 0 Å². The molecule has 1 spiro atoms. The molecule has 3 fully saturated rings. The van der Waals surface area contributed by atoms with E-state index in [9.17, 15) is 14.7 Å². The lowest BCUT2D eigenvalue weighted by atomic mass is 9.47. The Morgan fingerprint density at radius 3 is 2.56 bits per heavy atom. The molecule has 330 valence electrons. The third-order valence-electron chi connectivity index (χ3n) is 16.7. The summed E-state index contributed by atoms with van der Waals surface area (Å²) in [5.41, 5.74) is 2.42. The Balaban J connectivity index is 1.24. The number of fused-ring (bicyclic) bond motifs is 6. The number of carbonyl (C=O) groups excluding carboxylic acids is 3. The number of likely N-dealkylation sites (N-methyl/N-ethyl adjacent to an activating group) is 1. The number of benzene rings is 2. The van der Waals surface area contributed by atoms with Gasteiger partial charge in [0.2, 0.25) is 5.91 Å². The van der Waals surface area contributed by atoms with Crippen LogP contribution < -0.4 is 15.0 Å². The van der Waals surface area contributed by atoms with E-state index in [4.69, 9.17) is 14.2 Å². The van der Waals surface area contributed by atoms with E-state index in [1.54, 1.807) is 7.11 Å². The van der Waals surface area contributed by atoms with Crippen LogP contribution in [0.25, 0.3) is 10.9 Å². The number of aromatic nitrogens is 1. The highest BCUT2D eigenvalue weighted by Gasteiger charge is 2.78. The smallest absolute Gasteiger partial charge is 0.322 e. The Hall–Kier alpha value is -4.65. The molecule has 2 saturated carbocycles. The van der Waals surface area contributed by atoms with Gasteiger partial charge in [-0.3, -0.25) is 24.2 Å². The van der Waals surface area contributed by atoms with E-state index in [0.717, 1.165) is 104 Å². The standard InChI is InChI=1S/C50H63N5O7/c1-7-31-23-32-26-49(46(58)61-6,41-35(17-21-54(27-31)28-32)34-15-9-10-16-38(34)52-41)37-24-36-39(25-40(37)60-5)53(4)44-48(36)19-22-55-20-12-18-47(8-2,43(48)55)45(62-30(3)56)50(44,59)29-51-42(57)33-13-11-14-33/h9-10,12,15-16,18,23-25,32-33,43-45,52,59H,7-8,11,13-14,17,19-22,26-29H2,1-6H3,(H,51,57)/t32-,43?,44+,45+,47+,48+,49-,50?/m0/s1. The first-order valence-electron chi connectivity index (χ1n) is 23.0. The SMILES string of the molecule is CCC1=C[C@@H]2CN(CCc3c([nH]c4ccccc34)[C@@](C(=O)OC)(c3cc4c(cc3OC)N(C)[C@H]3C(O)(CNC(=O)C5CCC5)[C@H](OC(C)=O)[C@]5(CC)C=CCN6CC[C@]43C65)C2)C1. The number of ether oxygens (including phenoxy) is 3. The molecule has 3 N–H and O–H groups in total. The summed E-state index contributed by atoms with van der Waals surface area (Å²) in [5, 5.41) is 18.1. The van der Waals surface area contributed by atoms with Crippen molar-refractivity contribution >= 4 is 34.4 Å². The highest BCUT2D eigenvalue weighted by Crippen LogP contribution is 2.68. The zero-order valence-corrected chi connectivity index (χ0v) is 37.2. The third-order valence-corrected chi connectivity index (χ3v) is 16.7. The van der Waals surface area contributed by atoms with E-state index >= 15 is 4.79 Å². The summed E-state index contributed by atoms with van der Waals surface area (Å²) in [6, 6.07) is 11.9. The number of esters is 2. The third kappa shape index (κ3) is 5.63. The first kappa shape index (κ1) is 41.4. The van der Waals surface area contributed by atoms with E-state index in [1.165, 1.54) is 19.6 Å². The Bertz CT molecular complexity index is 2390. The van der Waals surface area contributed by atoms with E-state index in [-0.39, 0.29) is 36.3 Å². The zero-order chi connectivity index (χ0) is 43.3. The van der Waals surface area contributed by atoms with Gasteiger partial charge in [-0.1, -0.05) is 62.3 Å². The van der Waals surface area contributed by atoms with Gasteiger partial charge in [0.25, 0.3) is 0 Å². The van der Waals surface area contributed by atoms with E-state index < -0.39 is 40.0 Å². The molecule has 1 amide bonds. The molecule has 2 bridgehead atoms. The van der Waals surface area contributed by atoms with Gasteiger partial charge in [-0.25, -0.2) is 0 Å². The van der Waals surface area contributed by atoms with Crippen LogP contribution in [-0.4, -0.2) is 122 Å². The minimum atomic E-state index is -1.72. The average molecular weight is 846 g/mol. The number of H-pyrrole nitrogens is 1. The normalized spacial score (nSPS) is 34.7. The van der Waals surface area contributed by atoms with Crippen molar-refractivity contribution in [2.75, 3.05) is 65.4 Å². The molecule has 7 aliphatic rings. The number of nitrogens with zero attached hydrogens (tertiary/aromatic N) is 3. The van der Waals surface area contributed by atoms with E-state index in [2.05, 4.69) is 87.4 Å². The van der Waals surface area contributed by atoms with Gasteiger partial charge in [-0.15, -0.1) is 0 Å². The number of hydrogen-bond donors (Lipinski definition) is 3. The molecule has 5 aliphatic heterocycles. The van der Waals surface area contributed by atoms with Crippen LogP contribution in [0.15, 0.2) is 60.2 Å². The van der Waals surface area contributed by atoms with Crippen molar-refractivity contribution in [3.63, 3.8) is 0 Å². The molecular formula is C50H63N5O7. The minimum absolute atomic E-state index is 0.0449. The molecule has 12 heteroatoms. The number of carbonyl (C=O) groups is 3. The maximum Gasteiger partial charge on any atom is 0.322 e. The zero-order valence-electron chi connectivity index (χ0n) is 37.2. The maximum atomic E-state index is 15.4. The molecule has 2 aromatic carbocycles. The van der Waals surface area contributed by atoms with E-state index in [0.29, 0.717) is 25.0 Å². The molecule has 6 heterocycles. The summed E-state index contributed by atoms with van der Waals surface area (Å²) < 4.78 is 18.9. The second-order valence-electron chi connectivity index (χ2n) is 19.5. The highest BCUT2D eigenvalue weighted by molar-refractivity contribution is 5.94. The number of anilines is 1. The Morgan fingerprint density at radius 2 is 1.85 bits per heavy atom. The number of aliphatic hydroxyl groups is 1. The lowest BCUT2D eigenvalue weighted by Crippen LogP contribution is -2.81. The summed E-state index contributed by atoms with van der Waals surface area (Å²) >= 11 is 0. The van der Waals surface area contributed by atoms with Crippen molar-refractivity contribution < 1.29 is 33.7 Å². The molecule has 1 aromatic heterocycles. The first-order chi connectivity index (χ1) is 29.9. The average Bonchev–Trinajstić information content (AvgIpc) is 3.91. The number of amides is 1. The lowest BCUT2D eigenvalue weighted by molar-refractivity contribution is -0.217. The Labute approximate surface area is 365 Å². The van der Waals surface area contributed by atoms with Crippen molar-refractivity contribution in [1.82, 2.24) is 20.1 Å². The van der Waals surface area contributed by atoms with Gasteiger partial charge in [0, 0.05) is 96.9 Å². The minimum Gasteiger partial charge on any atom is -0.496 e. The molecule has 0 radical (unpaired) electrons. The van der Waals surface area contributed by atoms with Crippen LogP contribution >= 0.6 is 0 Å². The van der Waals surface area contributed by atoms with Crippen molar-refractivity contribution in [3.8, 4) is 5.75 Å². The van der Waals surface area contributed by atoms with Crippen LogP contribution in [0, 0.1) is 17.3 Å². The number of hydrogen-bond acceptors (Lipinski definition) is 10. The lowest BCUT2D eigenvalue weighted by Gasteiger charge is -2.64. The number of methoxy groups -OCH3 is 2. The van der Waals surface area contributed by atoms with Crippen LogP contribution in [0.2, 0.25) is 0 Å². The largest absolute Gasteiger partial charge is 0.496 e. The topological polar surface area (TPSA) is 137 Å². The second-order valence-corrected chi connectivity index (χ2v) is 19.5. The first-order valence-corrected chi connectivity index (χ1v) is 23.0. The van der Waals surface area contributed by atoms with Crippen LogP contribution in [0.4, 0.5) is 5.69 Å². The van der Waals surface area contributed by atoms with E-state index in [1.807, 2.05) is 13.1 Å². The van der Waals surface area contributed by atoms with Crippen LogP contribution in [0.1, 0.15) is 88.1 Å². The summed E-state index contributed by atoms with van der Waals surface area (Å²) in [4.78, 5) is 53.4. The summed E-state index contributed by atoms with van der Waals surface area (Å²) in [7, 11) is 5.18. The second kappa shape index (κ2) is 15.0. The van der Waals surface area contributed by atoms with Crippen molar-refractivity contribution in [3.05, 3.63) is 82.6 Å². The Kier molecular flexibility index (Phi) is 9.99. The maximum absolute atomic E-state index is 15.4.